The van der Waals surface area contributed by atoms with Crippen molar-refractivity contribution in [1.29, 1.82) is 0 Å². The summed E-state index contributed by atoms with van der Waals surface area (Å²) in [7, 11) is 4.61. The van der Waals surface area contributed by atoms with Crippen molar-refractivity contribution in [1.82, 2.24) is 5.32 Å². The number of Topliss-reactive ketones (excluding diaryl/α,β-unsaturated/α-hetero) is 2. The highest BCUT2D eigenvalue weighted by Gasteiger charge is 2.65. The fourth-order valence-electron chi connectivity index (χ4n) is 5.15. The third-order valence-electron chi connectivity index (χ3n) is 6.78. The van der Waals surface area contributed by atoms with Gasteiger partial charge in [0, 0.05) is 29.1 Å². The van der Waals surface area contributed by atoms with Crippen LogP contribution in [0.15, 0.2) is 30.3 Å². The molecule has 0 radical (unpaired) electrons. The molecule has 1 spiro atoms. The van der Waals surface area contributed by atoms with Gasteiger partial charge in [0.2, 0.25) is 11.4 Å². The number of rotatable bonds is 5. The van der Waals surface area contributed by atoms with E-state index in [9.17, 15) is 9.59 Å². The smallest absolute Gasteiger partial charge is 0.232 e. The van der Waals surface area contributed by atoms with E-state index in [1.165, 1.54) is 20.3 Å². The van der Waals surface area contributed by atoms with E-state index in [4.69, 9.17) is 43.1 Å². The maximum Gasteiger partial charge on any atom is 0.232 e. The molecule has 1 saturated carbocycles. The van der Waals surface area contributed by atoms with Gasteiger partial charge < -0.3 is 25.3 Å². The van der Waals surface area contributed by atoms with Gasteiger partial charge in [-0.3, -0.25) is 9.59 Å². The first kappa shape index (κ1) is 23.8. The standard InChI is InChI=1S/C24H26Cl2N2O5/c1-11-9-14(27)17(20(28-2)12-7-5-6-8-13(12)25)22(29)24(11)23(30)18-15(31-3)10-16(32-4)19(26)21(18)33-24/h5-8,10-11,14,17,20,28H,9,27H2,1-4H3/t11-,14?,17?,20?,24+/m1/s1. The van der Waals surface area contributed by atoms with Crippen LogP contribution in [0.25, 0.3) is 0 Å². The van der Waals surface area contributed by atoms with Crippen molar-refractivity contribution in [3.8, 4) is 17.2 Å². The Morgan fingerprint density at radius 3 is 2.45 bits per heavy atom. The Morgan fingerprint density at radius 2 is 1.85 bits per heavy atom. The van der Waals surface area contributed by atoms with E-state index in [0.29, 0.717) is 11.4 Å². The van der Waals surface area contributed by atoms with Gasteiger partial charge in [-0.15, -0.1) is 0 Å². The number of ketones is 2. The van der Waals surface area contributed by atoms with Gasteiger partial charge in [0.25, 0.3) is 0 Å². The number of nitrogens with two attached hydrogens (primary N) is 1. The minimum absolute atomic E-state index is 0.0889. The van der Waals surface area contributed by atoms with Gasteiger partial charge in [-0.05, 0) is 25.1 Å². The molecule has 1 aliphatic carbocycles. The van der Waals surface area contributed by atoms with Crippen molar-refractivity contribution in [3.05, 3.63) is 51.5 Å². The molecule has 4 rings (SSSR count). The molecular formula is C24H26Cl2N2O5. The number of ether oxygens (including phenoxy) is 3. The molecule has 7 nitrogen and oxygen atoms in total. The first-order valence-electron chi connectivity index (χ1n) is 10.6. The van der Waals surface area contributed by atoms with Gasteiger partial charge in [0.1, 0.15) is 22.1 Å². The third-order valence-corrected chi connectivity index (χ3v) is 7.48. The van der Waals surface area contributed by atoms with Crippen LogP contribution in [0.5, 0.6) is 17.2 Å². The first-order valence-corrected chi connectivity index (χ1v) is 11.4. The second-order valence-electron chi connectivity index (χ2n) is 8.44. The number of carbonyl (C=O) groups excluding carboxylic acids is 2. The molecule has 0 aromatic heterocycles. The topological polar surface area (TPSA) is 99.9 Å². The lowest BCUT2D eigenvalue weighted by Gasteiger charge is -2.45. The predicted molar refractivity (Wildman–Crippen MR) is 126 cm³/mol. The lowest BCUT2D eigenvalue weighted by atomic mass is 9.63. The zero-order valence-corrected chi connectivity index (χ0v) is 20.3. The van der Waals surface area contributed by atoms with Crippen LogP contribution in [0, 0.1) is 11.8 Å². The fraction of sp³-hybridized carbons (Fsp3) is 0.417. The Morgan fingerprint density at radius 1 is 1.18 bits per heavy atom. The van der Waals surface area contributed by atoms with Crippen LogP contribution >= 0.6 is 23.2 Å². The zero-order valence-electron chi connectivity index (χ0n) is 18.8. The molecule has 2 aliphatic rings. The van der Waals surface area contributed by atoms with Crippen LogP contribution in [-0.4, -0.2) is 44.5 Å². The molecule has 0 amide bonds. The number of fused-ring (bicyclic) bond motifs is 1. The molecule has 1 fully saturated rings. The van der Waals surface area contributed by atoms with E-state index in [-0.39, 0.29) is 27.8 Å². The summed E-state index contributed by atoms with van der Waals surface area (Å²) >= 11 is 12.9. The average molecular weight is 493 g/mol. The molecule has 3 unspecified atom stereocenters. The number of halogens is 2. The summed E-state index contributed by atoms with van der Waals surface area (Å²) in [4.78, 5) is 28.1. The van der Waals surface area contributed by atoms with Crippen molar-refractivity contribution in [2.45, 2.75) is 31.0 Å². The average Bonchev–Trinajstić information content (AvgIpc) is 3.11. The van der Waals surface area contributed by atoms with Crippen LogP contribution in [0.1, 0.15) is 35.3 Å². The summed E-state index contributed by atoms with van der Waals surface area (Å²) in [5.41, 5.74) is 5.60. The van der Waals surface area contributed by atoms with Crippen molar-refractivity contribution >= 4 is 34.8 Å². The van der Waals surface area contributed by atoms with Gasteiger partial charge in [-0.25, -0.2) is 0 Å². The molecule has 2 aromatic carbocycles. The summed E-state index contributed by atoms with van der Waals surface area (Å²) in [5.74, 6) is -1.55. The number of nitrogens with one attached hydrogen (secondary N) is 1. The van der Waals surface area contributed by atoms with Gasteiger partial charge in [-0.1, -0.05) is 48.3 Å². The molecule has 0 bridgehead atoms. The molecule has 9 heteroatoms. The van der Waals surface area contributed by atoms with Crippen LogP contribution in [0.4, 0.5) is 0 Å². The van der Waals surface area contributed by atoms with E-state index < -0.39 is 41.1 Å². The zero-order chi connectivity index (χ0) is 24.1. The minimum atomic E-state index is -1.78. The molecule has 2 aromatic rings. The molecule has 176 valence electrons. The van der Waals surface area contributed by atoms with E-state index in [0.717, 1.165) is 5.56 Å². The van der Waals surface area contributed by atoms with Crippen molar-refractivity contribution in [2.24, 2.45) is 17.6 Å². The normalized spacial score (nSPS) is 27.3. The summed E-state index contributed by atoms with van der Waals surface area (Å²) in [5, 5.41) is 3.79. The fourth-order valence-corrected chi connectivity index (χ4v) is 5.67. The largest absolute Gasteiger partial charge is 0.496 e. The minimum Gasteiger partial charge on any atom is -0.496 e. The van der Waals surface area contributed by atoms with E-state index in [1.54, 1.807) is 20.0 Å². The maximum absolute atomic E-state index is 14.2. The Balaban J connectivity index is 1.85. The Hall–Kier alpha value is -2.32. The van der Waals surface area contributed by atoms with Crippen LogP contribution in [-0.2, 0) is 4.79 Å². The van der Waals surface area contributed by atoms with Crippen molar-refractivity contribution in [2.75, 3.05) is 21.3 Å². The molecule has 3 N–H and O–H groups in total. The summed E-state index contributed by atoms with van der Waals surface area (Å²) in [6.07, 6.45) is 0.385. The number of benzene rings is 2. The second-order valence-corrected chi connectivity index (χ2v) is 9.23. The van der Waals surface area contributed by atoms with Crippen LogP contribution in [0.2, 0.25) is 10.0 Å². The summed E-state index contributed by atoms with van der Waals surface area (Å²) in [6, 6.07) is 7.73. The van der Waals surface area contributed by atoms with Gasteiger partial charge in [-0.2, -0.15) is 0 Å². The quantitative estimate of drug-likeness (QED) is 0.611. The lowest BCUT2D eigenvalue weighted by Crippen LogP contribution is -2.65. The maximum atomic E-state index is 14.2. The molecular weight excluding hydrogens is 467 g/mol. The highest BCUT2D eigenvalue weighted by Crippen LogP contribution is 2.54. The monoisotopic (exact) mass is 492 g/mol. The molecule has 0 saturated heterocycles. The van der Waals surface area contributed by atoms with Crippen molar-refractivity contribution < 1.29 is 23.8 Å². The Kier molecular flexibility index (Phi) is 6.35. The van der Waals surface area contributed by atoms with Gasteiger partial charge >= 0.3 is 0 Å². The van der Waals surface area contributed by atoms with Crippen molar-refractivity contribution in [3.63, 3.8) is 0 Å². The first-order chi connectivity index (χ1) is 15.7. The number of hydrogen-bond acceptors (Lipinski definition) is 7. The highest BCUT2D eigenvalue weighted by atomic mass is 35.5. The van der Waals surface area contributed by atoms with E-state index >= 15 is 0 Å². The third kappa shape index (κ3) is 3.41. The number of carbonyl (C=O) groups is 2. The van der Waals surface area contributed by atoms with Gasteiger partial charge in [0.15, 0.2) is 11.5 Å². The Labute approximate surface area is 202 Å². The summed E-state index contributed by atoms with van der Waals surface area (Å²) < 4.78 is 17.0. The molecule has 5 atom stereocenters. The molecule has 1 aliphatic heterocycles. The molecule has 33 heavy (non-hydrogen) atoms. The van der Waals surface area contributed by atoms with Crippen LogP contribution < -0.4 is 25.3 Å². The lowest BCUT2D eigenvalue weighted by molar-refractivity contribution is -0.144. The van der Waals surface area contributed by atoms with Gasteiger partial charge in [0.05, 0.1) is 20.1 Å². The predicted octanol–water partition coefficient (Wildman–Crippen LogP) is 3.84. The van der Waals surface area contributed by atoms with Crippen LogP contribution in [0.3, 0.4) is 0 Å². The molecule has 1 heterocycles. The highest BCUT2D eigenvalue weighted by molar-refractivity contribution is 6.36. The number of hydrogen-bond donors (Lipinski definition) is 2. The van der Waals surface area contributed by atoms with E-state index in [2.05, 4.69) is 5.32 Å². The van der Waals surface area contributed by atoms with E-state index in [1.807, 2.05) is 18.2 Å². The Bertz CT molecular complexity index is 1120. The second kappa shape index (κ2) is 8.80. The summed E-state index contributed by atoms with van der Waals surface area (Å²) in [6.45, 7) is 1.79. The SMILES string of the molecule is CNC(c1ccccc1Cl)C1C(=O)[C@@]2(Oc3c(Cl)c(OC)cc(OC)c3C2=O)[C@H](C)CC1N. The number of methoxy groups -OCH3 is 2.